The lowest BCUT2D eigenvalue weighted by molar-refractivity contribution is 0.473. The van der Waals surface area contributed by atoms with E-state index in [1.54, 1.807) is 24.3 Å². The summed E-state index contributed by atoms with van der Waals surface area (Å²) < 4.78 is 19.4. The Bertz CT molecular complexity index is 639. The molecule has 18 heavy (non-hydrogen) atoms. The van der Waals surface area contributed by atoms with Crippen molar-refractivity contribution in [1.29, 1.82) is 5.26 Å². The molecule has 0 spiro atoms. The van der Waals surface area contributed by atoms with Crippen LogP contribution in [-0.4, -0.2) is 0 Å². The Kier molecular flexibility index (Phi) is 3.85. The van der Waals surface area contributed by atoms with E-state index in [1.165, 1.54) is 12.1 Å². The van der Waals surface area contributed by atoms with Crippen LogP contribution in [0.1, 0.15) is 5.56 Å². The summed E-state index contributed by atoms with van der Waals surface area (Å²) in [5.41, 5.74) is 0.470. The van der Waals surface area contributed by atoms with Gasteiger partial charge in [-0.3, -0.25) is 0 Å². The summed E-state index contributed by atoms with van der Waals surface area (Å²) in [5.74, 6) is 0.190. The number of benzene rings is 2. The zero-order valence-corrected chi connectivity index (χ0v) is 11.3. The lowest BCUT2D eigenvalue weighted by Gasteiger charge is -2.08. The quantitative estimate of drug-likeness (QED) is 0.735. The molecule has 2 nitrogen and oxygen atoms in total. The van der Waals surface area contributed by atoms with Crippen molar-refractivity contribution in [1.82, 2.24) is 0 Å². The minimum absolute atomic E-state index is 0.0139. The molecule has 0 saturated carbocycles. The van der Waals surface area contributed by atoms with Crippen molar-refractivity contribution in [2.24, 2.45) is 0 Å². The number of halogens is 3. The molecule has 0 radical (unpaired) electrons. The van der Waals surface area contributed by atoms with Gasteiger partial charge in [0.1, 0.15) is 17.3 Å². The molecule has 90 valence electrons. The van der Waals surface area contributed by atoms with Gasteiger partial charge in [0.15, 0.2) is 0 Å². The van der Waals surface area contributed by atoms with Crippen LogP contribution in [0.25, 0.3) is 0 Å². The smallest absolute Gasteiger partial charge is 0.145 e. The van der Waals surface area contributed by atoms with Crippen LogP contribution in [0.5, 0.6) is 11.5 Å². The molecule has 0 unspecified atom stereocenters. The summed E-state index contributed by atoms with van der Waals surface area (Å²) in [6.07, 6.45) is 0. The van der Waals surface area contributed by atoms with Gasteiger partial charge in [-0.1, -0.05) is 17.7 Å². The maximum absolute atomic E-state index is 13.3. The van der Waals surface area contributed by atoms with Crippen molar-refractivity contribution in [2.75, 3.05) is 0 Å². The molecule has 0 fully saturated rings. The first-order valence-corrected chi connectivity index (χ1v) is 6.10. The van der Waals surface area contributed by atoms with Crippen molar-refractivity contribution in [3.05, 3.63) is 57.3 Å². The van der Waals surface area contributed by atoms with Crippen LogP contribution in [-0.2, 0) is 0 Å². The minimum Gasteiger partial charge on any atom is -0.456 e. The van der Waals surface area contributed by atoms with E-state index in [4.69, 9.17) is 21.6 Å². The fraction of sp³-hybridized carbons (Fsp3) is 0. The predicted octanol–water partition coefficient (Wildman–Crippen LogP) is 4.91. The van der Waals surface area contributed by atoms with Gasteiger partial charge < -0.3 is 4.74 Å². The van der Waals surface area contributed by atoms with Gasteiger partial charge in [-0.2, -0.15) is 5.26 Å². The fourth-order valence-electron chi connectivity index (χ4n) is 1.34. The fourth-order valence-corrected chi connectivity index (χ4v) is 2.06. The molecule has 2 rings (SSSR count). The summed E-state index contributed by atoms with van der Waals surface area (Å²) in [6, 6.07) is 11.2. The van der Waals surface area contributed by atoms with Gasteiger partial charge in [0.2, 0.25) is 0 Å². The van der Waals surface area contributed by atoms with Crippen LogP contribution in [0.3, 0.4) is 0 Å². The van der Waals surface area contributed by atoms with Crippen molar-refractivity contribution in [3.63, 3.8) is 0 Å². The molecule has 5 heteroatoms. The van der Waals surface area contributed by atoms with E-state index in [-0.39, 0.29) is 5.02 Å². The Morgan fingerprint density at radius 2 is 2.06 bits per heavy atom. The van der Waals surface area contributed by atoms with Crippen molar-refractivity contribution >= 4 is 27.5 Å². The lowest BCUT2D eigenvalue weighted by atomic mass is 10.2. The monoisotopic (exact) mass is 325 g/mol. The molecule has 0 bridgehead atoms. The molecule has 0 saturated heterocycles. The van der Waals surface area contributed by atoms with E-state index < -0.39 is 5.82 Å². The predicted molar refractivity (Wildman–Crippen MR) is 70.3 cm³/mol. The van der Waals surface area contributed by atoms with E-state index in [9.17, 15) is 4.39 Å². The van der Waals surface area contributed by atoms with Crippen LogP contribution < -0.4 is 4.74 Å². The van der Waals surface area contributed by atoms with Gasteiger partial charge in [-0.15, -0.1) is 0 Å². The first-order chi connectivity index (χ1) is 8.60. The number of nitrogens with zero attached hydrogens (tertiary/aromatic N) is 1. The average molecular weight is 327 g/mol. The number of hydrogen-bond donors (Lipinski definition) is 0. The topological polar surface area (TPSA) is 33.0 Å². The van der Waals surface area contributed by atoms with Gasteiger partial charge >= 0.3 is 0 Å². The second kappa shape index (κ2) is 5.38. The lowest BCUT2D eigenvalue weighted by Crippen LogP contribution is -1.88. The van der Waals surface area contributed by atoms with Crippen molar-refractivity contribution in [2.45, 2.75) is 0 Å². The molecular formula is C13H6BrClFNO. The molecule has 0 aliphatic rings. The summed E-state index contributed by atoms with van der Waals surface area (Å²) >= 11 is 8.87. The van der Waals surface area contributed by atoms with Crippen LogP contribution in [0.2, 0.25) is 5.02 Å². The Morgan fingerprint density at radius 1 is 1.28 bits per heavy atom. The van der Waals surface area contributed by atoms with Crippen LogP contribution in [0, 0.1) is 17.1 Å². The third-order valence-electron chi connectivity index (χ3n) is 2.17. The zero-order valence-electron chi connectivity index (χ0n) is 8.95. The number of ether oxygens (including phenoxy) is 1. The molecule has 0 aliphatic heterocycles. The Labute approximate surface area is 117 Å². The zero-order chi connectivity index (χ0) is 13.1. The van der Waals surface area contributed by atoms with Gasteiger partial charge in [-0.05, 0) is 40.2 Å². The number of hydrogen-bond acceptors (Lipinski definition) is 2. The second-order valence-corrected chi connectivity index (χ2v) is 4.70. The molecule has 0 amide bonds. The summed E-state index contributed by atoms with van der Waals surface area (Å²) in [6.45, 7) is 0. The molecular weight excluding hydrogens is 321 g/mol. The maximum Gasteiger partial charge on any atom is 0.145 e. The maximum atomic E-state index is 13.3. The molecule has 0 heterocycles. The SMILES string of the molecule is N#Cc1cccc(Oc2cc(F)c(Cl)cc2Br)c1. The molecule has 2 aromatic rings. The molecule has 0 aliphatic carbocycles. The highest BCUT2D eigenvalue weighted by molar-refractivity contribution is 9.10. The van der Waals surface area contributed by atoms with Gasteiger partial charge in [0, 0.05) is 6.07 Å². The molecule has 0 atom stereocenters. The van der Waals surface area contributed by atoms with Crippen LogP contribution in [0.15, 0.2) is 40.9 Å². The van der Waals surface area contributed by atoms with E-state index >= 15 is 0 Å². The van der Waals surface area contributed by atoms with Crippen LogP contribution >= 0.6 is 27.5 Å². The number of rotatable bonds is 2. The minimum atomic E-state index is -0.564. The third kappa shape index (κ3) is 2.81. The largest absolute Gasteiger partial charge is 0.456 e. The summed E-state index contributed by atoms with van der Waals surface area (Å²) in [5, 5.41) is 8.78. The second-order valence-electron chi connectivity index (χ2n) is 3.44. The standard InChI is InChI=1S/C13H6BrClFNO/c14-10-5-11(15)12(16)6-13(10)18-9-3-1-2-8(4-9)7-17/h1-6H. The third-order valence-corrected chi connectivity index (χ3v) is 3.08. The highest BCUT2D eigenvalue weighted by Crippen LogP contribution is 2.33. The van der Waals surface area contributed by atoms with E-state index in [2.05, 4.69) is 15.9 Å². The van der Waals surface area contributed by atoms with Gasteiger partial charge in [0.25, 0.3) is 0 Å². The first kappa shape index (κ1) is 12.9. The average Bonchev–Trinajstić information content (AvgIpc) is 2.36. The van der Waals surface area contributed by atoms with Gasteiger partial charge in [-0.25, -0.2) is 4.39 Å². The Balaban J connectivity index is 2.34. The molecule has 2 aromatic carbocycles. The van der Waals surface area contributed by atoms with Crippen molar-refractivity contribution in [3.8, 4) is 17.6 Å². The van der Waals surface area contributed by atoms with Crippen molar-refractivity contribution < 1.29 is 9.13 Å². The normalized spacial score (nSPS) is 9.89. The van der Waals surface area contributed by atoms with E-state index in [0.717, 1.165) is 0 Å². The summed E-state index contributed by atoms with van der Waals surface area (Å²) in [4.78, 5) is 0. The molecule has 0 aromatic heterocycles. The van der Waals surface area contributed by atoms with Gasteiger partial charge in [0.05, 0.1) is 21.1 Å². The summed E-state index contributed by atoms with van der Waals surface area (Å²) in [7, 11) is 0. The van der Waals surface area contributed by atoms with E-state index in [1.807, 2.05) is 6.07 Å². The highest BCUT2D eigenvalue weighted by Gasteiger charge is 2.09. The number of nitriles is 1. The van der Waals surface area contributed by atoms with E-state index in [0.29, 0.717) is 21.5 Å². The highest BCUT2D eigenvalue weighted by atomic mass is 79.9. The van der Waals surface area contributed by atoms with Crippen LogP contribution in [0.4, 0.5) is 4.39 Å². The first-order valence-electron chi connectivity index (χ1n) is 4.92. The molecule has 0 N–H and O–H groups in total. The Morgan fingerprint density at radius 3 is 2.78 bits per heavy atom. The Hall–Kier alpha value is -1.57.